The number of fused-ring (bicyclic) bond motifs is 14. The minimum atomic E-state index is -1.71. The van der Waals surface area contributed by atoms with Gasteiger partial charge in [-0.3, -0.25) is 4.67 Å². The second-order valence-corrected chi connectivity index (χ2v) is 21.9. The van der Waals surface area contributed by atoms with Crippen molar-refractivity contribution >= 4 is 18.0 Å². The van der Waals surface area contributed by atoms with Crippen molar-refractivity contribution in [2.24, 2.45) is 23.7 Å². The van der Waals surface area contributed by atoms with Crippen LogP contribution < -0.4 is 0 Å². The molecular formula is C40H72NPS. The van der Waals surface area contributed by atoms with Crippen LogP contribution in [0.15, 0.2) is 0 Å². The molecule has 2 saturated heterocycles. The van der Waals surface area contributed by atoms with E-state index in [4.69, 9.17) is 11.8 Å². The van der Waals surface area contributed by atoms with Gasteiger partial charge in [-0.05, 0) is 75.0 Å². The third kappa shape index (κ3) is 8.37. The first-order chi connectivity index (χ1) is 21.2. The molecule has 0 radical (unpaired) electrons. The van der Waals surface area contributed by atoms with Crippen LogP contribution in [0.5, 0.6) is 0 Å². The van der Waals surface area contributed by atoms with Gasteiger partial charge in [-0.2, -0.15) is 0 Å². The van der Waals surface area contributed by atoms with Crippen LogP contribution in [0.25, 0.3) is 0 Å². The summed E-state index contributed by atoms with van der Waals surface area (Å²) in [4.78, 5) is 0. The van der Waals surface area contributed by atoms with E-state index in [-0.39, 0.29) is 0 Å². The van der Waals surface area contributed by atoms with Crippen molar-refractivity contribution in [2.45, 2.75) is 229 Å². The maximum Gasteiger partial charge on any atom is 0.0218 e. The predicted molar refractivity (Wildman–Crippen MR) is 193 cm³/mol. The Hall–Kier alpha value is 0.610. The lowest BCUT2D eigenvalue weighted by Gasteiger charge is -2.55. The zero-order valence-corrected chi connectivity index (χ0v) is 30.3. The Morgan fingerprint density at radius 3 is 1.35 bits per heavy atom. The molecular weight excluding hydrogens is 557 g/mol. The van der Waals surface area contributed by atoms with Crippen molar-refractivity contribution in [3.05, 3.63) is 0 Å². The highest BCUT2D eigenvalue weighted by Gasteiger charge is 2.54. The van der Waals surface area contributed by atoms with Crippen molar-refractivity contribution in [3.63, 3.8) is 0 Å². The second kappa shape index (κ2) is 17.1. The summed E-state index contributed by atoms with van der Waals surface area (Å²) in [6.07, 6.45) is 46.6. The first kappa shape index (κ1) is 33.5. The summed E-state index contributed by atoms with van der Waals surface area (Å²) in [7, 11) is 0. The van der Waals surface area contributed by atoms with Gasteiger partial charge in [0.2, 0.25) is 0 Å². The van der Waals surface area contributed by atoms with Gasteiger partial charge in [0.05, 0.1) is 0 Å². The van der Waals surface area contributed by atoms with E-state index in [1.54, 1.807) is 25.7 Å². The van der Waals surface area contributed by atoms with Gasteiger partial charge in [0.1, 0.15) is 0 Å². The molecule has 6 rings (SSSR count). The van der Waals surface area contributed by atoms with E-state index in [1.165, 1.54) is 180 Å². The zero-order valence-electron chi connectivity index (χ0n) is 28.5. The third-order valence-corrected chi connectivity index (χ3v) is 21.0. The summed E-state index contributed by atoms with van der Waals surface area (Å²) in [6, 6.07) is 1.65. The van der Waals surface area contributed by atoms with Crippen LogP contribution in [-0.2, 0) is 11.8 Å². The smallest absolute Gasteiger partial charge is 0.0218 e. The lowest BCUT2D eigenvalue weighted by molar-refractivity contribution is 0.131. The molecule has 9 unspecified atom stereocenters. The van der Waals surface area contributed by atoms with Gasteiger partial charge in [-0.1, -0.05) is 166 Å². The molecule has 4 aliphatic carbocycles. The summed E-state index contributed by atoms with van der Waals surface area (Å²) in [5, 5.41) is 0. The fraction of sp³-hybridized carbons (Fsp3) is 1.00. The number of rotatable bonds is 0. The summed E-state index contributed by atoms with van der Waals surface area (Å²) in [6.45, 7) is 0. The molecule has 2 aliphatic heterocycles. The average Bonchev–Trinajstić information content (AvgIpc) is 3.05. The monoisotopic (exact) mass is 630 g/mol. The summed E-state index contributed by atoms with van der Waals surface area (Å²) in [5.74, 6) is 3.92. The van der Waals surface area contributed by atoms with Crippen LogP contribution in [0.1, 0.15) is 205 Å². The topological polar surface area (TPSA) is 3.24 Å². The number of hydrogen-bond acceptors (Lipinski definition) is 1. The van der Waals surface area contributed by atoms with E-state index in [2.05, 4.69) is 4.67 Å². The fourth-order valence-corrected chi connectivity index (χ4v) is 19.5. The van der Waals surface area contributed by atoms with Crippen molar-refractivity contribution in [2.75, 3.05) is 0 Å². The van der Waals surface area contributed by atoms with E-state index in [0.717, 1.165) is 47.1 Å². The number of nitrogens with zero attached hydrogens (tertiary/aromatic N) is 1. The Balaban J connectivity index is 1.48. The summed E-state index contributed by atoms with van der Waals surface area (Å²) < 4.78 is 3.46. The highest BCUT2D eigenvalue weighted by Crippen LogP contribution is 2.71. The van der Waals surface area contributed by atoms with E-state index in [9.17, 15) is 0 Å². The molecule has 3 heteroatoms. The van der Waals surface area contributed by atoms with Gasteiger partial charge in [-0.15, -0.1) is 0 Å². The molecule has 9 atom stereocenters. The van der Waals surface area contributed by atoms with Crippen LogP contribution in [-0.4, -0.2) is 28.1 Å². The maximum absolute atomic E-state index is 7.79. The quantitative estimate of drug-likeness (QED) is 0.245. The molecule has 1 nitrogen and oxygen atoms in total. The summed E-state index contributed by atoms with van der Waals surface area (Å²) >= 11 is 7.79. The van der Waals surface area contributed by atoms with E-state index < -0.39 is 6.19 Å². The normalized spacial score (nSPS) is 43.7. The molecule has 0 aromatic carbocycles. The highest BCUT2D eigenvalue weighted by molar-refractivity contribution is 8.14. The third-order valence-electron chi connectivity index (χ3n) is 14.2. The molecule has 6 bridgehead atoms. The van der Waals surface area contributed by atoms with Crippen molar-refractivity contribution < 1.29 is 0 Å². The Kier molecular flexibility index (Phi) is 13.4. The molecule has 0 N–H and O–H groups in total. The fourth-order valence-electron chi connectivity index (χ4n) is 12.1. The summed E-state index contributed by atoms with van der Waals surface area (Å²) in [5.41, 5.74) is 1.76. The van der Waals surface area contributed by atoms with Crippen LogP contribution in [0, 0.1) is 23.7 Å². The van der Waals surface area contributed by atoms with Gasteiger partial charge in [0.25, 0.3) is 0 Å². The van der Waals surface area contributed by atoms with Crippen molar-refractivity contribution in [1.82, 2.24) is 4.67 Å². The molecule has 248 valence electrons. The highest BCUT2D eigenvalue weighted by atomic mass is 32.4. The van der Waals surface area contributed by atoms with Gasteiger partial charge in [0.15, 0.2) is 0 Å². The largest absolute Gasteiger partial charge is 0.268 e. The van der Waals surface area contributed by atoms with Gasteiger partial charge in [-0.25, -0.2) is 0 Å². The average molecular weight is 630 g/mol. The molecule has 0 aromatic rings. The SMILES string of the molecule is S=P12C3CCCCCCCC(C3)C3CCCCCCCCC(C3)N1C1CCCCCCCC(C1)C1CCCCCCCC12. The molecule has 6 fully saturated rings. The molecule has 0 aromatic heterocycles. The molecule has 4 saturated carbocycles. The lowest BCUT2D eigenvalue weighted by atomic mass is 9.75. The van der Waals surface area contributed by atoms with Gasteiger partial charge < -0.3 is 0 Å². The Morgan fingerprint density at radius 2 is 0.767 bits per heavy atom. The van der Waals surface area contributed by atoms with Crippen LogP contribution >= 0.6 is 6.19 Å². The van der Waals surface area contributed by atoms with Gasteiger partial charge >= 0.3 is 0 Å². The van der Waals surface area contributed by atoms with E-state index >= 15 is 0 Å². The van der Waals surface area contributed by atoms with Crippen LogP contribution in [0.4, 0.5) is 0 Å². The van der Waals surface area contributed by atoms with Crippen molar-refractivity contribution in [3.8, 4) is 0 Å². The van der Waals surface area contributed by atoms with E-state index in [0.29, 0.717) is 0 Å². The Labute approximate surface area is 274 Å². The first-order valence-corrected chi connectivity index (χ1v) is 23.5. The minimum Gasteiger partial charge on any atom is -0.268 e. The Bertz CT molecular complexity index is 857. The van der Waals surface area contributed by atoms with Crippen LogP contribution in [0.3, 0.4) is 0 Å². The van der Waals surface area contributed by atoms with Crippen molar-refractivity contribution in [1.29, 1.82) is 0 Å². The minimum absolute atomic E-state index is 0.821. The molecule has 2 heterocycles. The second-order valence-electron chi connectivity index (χ2n) is 17.0. The van der Waals surface area contributed by atoms with Gasteiger partial charge in [0, 0.05) is 29.6 Å². The van der Waals surface area contributed by atoms with E-state index in [1.807, 2.05) is 0 Å². The maximum atomic E-state index is 7.79. The molecule has 6 aliphatic rings. The standard InChI is InChI=1S/C40H72NPS/c43-42-38-27-19-11-4-7-15-23-34(32-38)33-22-14-6-1-2-9-17-25-36(30-33)41(42)37-26-18-10-3-8-16-24-35(31-37)39-28-20-12-5-13-21-29-40(39)42/h33-40H,1-32H2. The molecule has 43 heavy (non-hydrogen) atoms. The zero-order chi connectivity index (χ0) is 29.3. The lowest BCUT2D eigenvalue weighted by Crippen LogP contribution is -2.48. The number of hydrogen-bond donors (Lipinski definition) is 0. The van der Waals surface area contributed by atoms with Crippen LogP contribution in [0.2, 0.25) is 0 Å². The Morgan fingerprint density at radius 1 is 0.372 bits per heavy atom. The molecule has 0 amide bonds. The predicted octanol–water partition coefficient (Wildman–Crippen LogP) is 13.2. The first-order valence-electron chi connectivity index (χ1n) is 20.6. The molecule has 0 spiro atoms.